The van der Waals surface area contributed by atoms with E-state index in [1.54, 1.807) is 6.26 Å². The van der Waals surface area contributed by atoms with Crippen LogP contribution in [0.1, 0.15) is 5.69 Å². The molecule has 15 heavy (non-hydrogen) atoms. The fraction of sp³-hybridized carbons (Fsp3) is 0.200. The van der Waals surface area contributed by atoms with Crippen LogP contribution >= 0.6 is 22.6 Å². The fourth-order valence-corrected chi connectivity index (χ4v) is 1.75. The van der Waals surface area contributed by atoms with E-state index in [2.05, 4.69) is 37.9 Å². The third kappa shape index (κ3) is 1.97. The molecule has 0 atom stereocenters. The van der Waals surface area contributed by atoms with Crippen LogP contribution in [0.2, 0.25) is 0 Å². The zero-order valence-corrected chi connectivity index (χ0v) is 10.6. The number of aromatic nitrogens is 2. The highest BCUT2D eigenvalue weighted by Crippen LogP contribution is 2.23. The van der Waals surface area contributed by atoms with Crippen molar-refractivity contribution >= 4 is 28.4 Å². The van der Waals surface area contributed by atoms with Crippen molar-refractivity contribution in [3.05, 3.63) is 27.7 Å². The van der Waals surface area contributed by atoms with E-state index in [-0.39, 0.29) is 0 Å². The Kier molecular flexibility index (Phi) is 2.90. The molecule has 5 heteroatoms. The van der Waals surface area contributed by atoms with E-state index in [0.717, 1.165) is 15.1 Å². The lowest BCUT2D eigenvalue weighted by Gasteiger charge is -2.06. The molecular formula is C10H10IN3O. The number of hydrogen-bond donors (Lipinski definition) is 1. The zero-order chi connectivity index (χ0) is 10.8. The first kappa shape index (κ1) is 10.4. The van der Waals surface area contributed by atoms with Gasteiger partial charge in [-0.15, -0.1) is 0 Å². The van der Waals surface area contributed by atoms with Crippen molar-refractivity contribution in [2.75, 3.05) is 12.4 Å². The molecule has 1 N–H and O–H groups in total. The summed E-state index contributed by atoms with van der Waals surface area (Å²) in [4.78, 5) is 8.74. The summed E-state index contributed by atoms with van der Waals surface area (Å²) in [6, 6.07) is 3.67. The van der Waals surface area contributed by atoms with E-state index >= 15 is 0 Å². The maximum atomic E-state index is 5.26. The molecule has 0 aliphatic rings. The average Bonchev–Trinajstić information content (AvgIpc) is 2.75. The van der Waals surface area contributed by atoms with E-state index < -0.39 is 0 Å². The van der Waals surface area contributed by atoms with Gasteiger partial charge in [0.2, 0.25) is 0 Å². The molecule has 0 aliphatic carbocycles. The van der Waals surface area contributed by atoms with Crippen molar-refractivity contribution in [1.82, 2.24) is 9.97 Å². The van der Waals surface area contributed by atoms with Gasteiger partial charge in [0, 0.05) is 7.05 Å². The third-order valence-corrected chi connectivity index (χ3v) is 3.29. The lowest BCUT2D eigenvalue weighted by molar-refractivity contribution is 0.577. The third-order valence-electron chi connectivity index (χ3n) is 2.00. The second kappa shape index (κ2) is 4.18. The van der Waals surface area contributed by atoms with E-state index in [1.165, 1.54) is 0 Å². The lowest BCUT2D eigenvalue weighted by atomic mass is 10.3. The van der Waals surface area contributed by atoms with E-state index in [0.29, 0.717) is 11.6 Å². The quantitative estimate of drug-likeness (QED) is 0.866. The summed E-state index contributed by atoms with van der Waals surface area (Å²) >= 11 is 2.22. The summed E-state index contributed by atoms with van der Waals surface area (Å²) in [7, 11) is 1.84. The summed E-state index contributed by atoms with van der Waals surface area (Å²) < 4.78 is 6.29. The molecule has 2 aromatic rings. The van der Waals surface area contributed by atoms with Crippen molar-refractivity contribution < 1.29 is 4.42 Å². The summed E-state index contributed by atoms with van der Waals surface area (Å²) in [5.41, 5.74) is 0.946. The van der Waals surface area contributed by atoms with E-state index in [4.69, 9.17) is 4.42 Å². The molecule has 0 aromatic carbocycles. The highest BCUT2D eigenvalue weighted by atomic mass is 127. The number of rotatable bonds is 2. The molecule has 78 valence electrons. The number of anilines is 1. The normalized spacial score (nSPS) is 10.3. The van der Waals surface area contributed by atoms with Crippen LogP contribution in [0.5, 0.6) is 0 Å². The van der Waals surface area contributed by atoms with Crippen LogP contribution in [0.25, 0.3) is 11.6 Å². The molecule has 2 heterocycles. The summed E-state index contributed by atoms with van der Waals surface area (Å²) in [5.74, 6) is 2.13. The summed E-state index contributed by atoms with van der Waals surface area (Å²) in [5, 5.41) is 3.04. The molecule has 0 unspecified atom stereocenters. The molecule has 2 aromatic heterocycles. The Bertz CT molecular complexity index is 468. The van der Waals surface area contributed by atoms with Crippen LogP contribution in [0.3, 0.4) is 0 Å². The number of hydrogen-bond acceptors (Lipinski definition) is 4. The average molecular weight is 315 g/mol. The predicted molar refractivity (Wildman–Crippen MR) is 66.7 cm³/mol. The fourth-order valence-electron chi connectivity index (χ4n) is 1.24. The largest absolute Gasteiger partial charge is 0.461 e. The maximum absolute atomic E-state index is 5.26. The second-order valence-corrected chi connectivity index (χ2v) is 4.10. The number of aryl methyl sites for hydroxylation is 1. The van der Waals surface area contributed by atoms with Gasteiger partial charge in [-0.05, 0) is 41.6 Å². The molecule has 0 saturated heterocycles. The van der Waals surface area contributed by atoms with Crippen molar-refractivity contribution in [1.29, 1.82) is 0 Å². The first-order valence-corrected chi connectivity index (χ1v) is 5.56. The Hall–Kier alpha value is -1.11. The van der Waals surface area contributed by atoms with Crippen LogP contribution in [0.15, 0.2) is 22.8 Å². The second-order valence-electron chi connectivity index (χ2n) is 3.02. The van der Waals surface area contributed by atoms with E-state index in [1.807, 2.05) is 26.1 Å². The van der Waals surface area contributed by atoms with Crippen molar-refractivity contribution in [3.8, 4) is 11.6 Å². The van der Waals surface area contributed by atoms with Crippen LogP contribution in [0, 0.1) is 10.5 Å². The molecule has 2 rings (SSSR count). The molecule has 0 aliphatic heterocycles. The van der Waals surface area contributed by atoms with Gasteiger partial charge in [-0.1, -0.05) is 0 Å². The highest BCUT2D eigenvalue weighted by Gasteiger charge is 2.10. The zero-order valence-electron chi connectivity index (χ0n) is 8.41. The smallest absolute Gasteiger partial charge is 0.197 e. The molecule has 0 fully saturated rings. The molecule has 0 radical (unpaired) electrons. The van der Waals surface area contributed by atoms with Gasteiger partial charge in [-0.25, -0.2) is 9.97 Å². The molecule has 0 spiro atoms. The van der Waals surface area contributed by atoms with Gasteiger partial charge >= 0.3 is 0 Å². The van der Waals surface area contributed by atoms with Gasteiger partial charge in [-0.2, -0.15) is 0 Å². The van der Waals surface area contributed by atoms with Gasteiger partial charge in [0.05, 0.1) is 15.5 Å². The Morgan fingerprint density at radius 2 is 2.20 bits per heavy atom. The molecule has 4 nitrogen and oxygen atoms in total. The molecule has 0 bridgehead atoms. The monoisotopic (exact) mass is 315 g/mol. The molecular weight excluding hydrogens is 305 g/mol. The lowest BCUT2D eigenvalue weighted by Crippen LogP contribution is -2.02. The van der Waals surface area contributed by atoms with E-state index in [9.17, 15) is 0 Å². The molecule has 0 amide bonds. The number of nitrogens with one attached hydrogen (secondary N) is 1. The molecule has 0 saturated carbocycles. The Balaban J connectivity index is 2.55. The standard InChI is InChI=1S/C10H10IN3O/c1-6-8(11)10(12-2)14-9(13-6)7-4-3-5-15-7/h3-5H,1-2H3,(H,12,13,14). The van der Waals surface area contributed by atoms with Crippen molar-refractivity contribution in [2.45, 2.75) is 6.92 Å². The minimum absolute atomic E-state index is 0.613. The van der Waals surface area contributed by atoms with Crippen LogP contribution in [-0.2, 0) is 0 Å². The SMILES string of the molecule is CNc1nc(-c2ccco2)nc(C)c1I. The van der Waals surface area contributed by atoms with Gasteiger partial charge in [0.15, 0.2) is 11.6 Å². The van der Waals surface area contributed by atoms with Gasteiger partial charge in [0.1, 0.15) is 5.82 Å². The Labute approximate surface area is 101 Å². The predicted octanol–water partition coefficient (Wildman–Crippen LogP) is 2.69. The number of nitrogens with zero attached hydrogens (tertiary/aromatic N) is 2. The van der Waals surface area contributed by atoms with Gasteiger partial charge < -0.3 is 9.73 Å². The Morgan fingerprint density at radius 3 is 2.80 bits per heavy atom. The number of halogens is 1. The summed E-state index contributed by atoms with van der Waals surface area (Å²) in [6.45, 7) is 1.96. The van der Waals surface area contributed by atoms with Crippen LogP contribution in [0.4, 0.5) is 5.82 Å². The Morgan fingerprint density at radius 1 is 1.40 bits per heavy atom. The summed E-state index contributed by atoms with van der Waals surface area (Å²) in [6.07, 6.45) is 1.62. The van der Waals surface area contributed by atoms with Gasteiger partial charge in [-0.3, -0.25) is 0 Å². The van der Waals surface area contributed by atoms with Crippen LogP contribution < -0.4 is 5.32 Å². The topological polar surface area (TPSA) is 51.0 Å². The van der Waals surface area contributed by atoms with Gasteiger partial charge in [0.25, 0.3) is 0 Å². The van der Waals surface area contributed by atoms with Crippen LogP contribution in [-0.4, -0.2) is 17.0 Å². The highest BCUT2D eigenvalue weighted by molar-refractivity contribution is 14.1. The minimum atomic E-state index is 0.613. The number of furan rings is 1. The minimum Gasteiger partial charge on any atom is -0.461 e. The van der Waals surface area contributed by atoms with Crippen molar-refractivity contribution in [3.63, 3.8) is 0 Å². The van der Waals surface area contributed by atoms with Crippen molar-refractivity contribution in [2.24, 2.45) is 0 Å². The first-order chi connectivity index (χ1) is 7.22. The maximum Gasteiger partial charge on any atom is 0.197 e. The first-order valence-electron chi connectivity index (χ1n) is 4.48.